The van der Waals surface area contributed by atoms with Crippen molar-refractivity contribution in [1.82, 2.24) is 14.9 Å². The molecule has 24 heavy (non-hydrogen) atoms. The zero-order valence-corrected chi connectivity index (χ0v) is 13.1. The maximum absolute atomic E-state index is 13.0. The molecule has 0 spiro atoms. The molecule has 3 aromatic rings. The van der Waals surface area contributed by atoms with Crippen molar-refractivity contribution < 1.29 is 9.18 Å². The average molecular weight is 324 g/mol. The van der Waals surface area contributed by atoms with Gasteiger partial charge in [0.2, 0.25) is 5.95 Å². The van der Waals surface area contributed by atoms with Crippen molar-refractivity contribution in [2.45, 2.75) is 0 Å². The second-order valence-corrected chi connectivity index (χ2v) is 5.86. The Balaban J connectivity index is 1.44. The van der Waals surface area contributed by atoms with E-state index in [9.17, 15) is 9.18 Å². The highest BCUT2D eigenvalue weighted by molar-refractivity contribution is 5.94. The number of piperazine rings is 1. The Hall–Kier alpha value is -2.89. The first-order chi connectivity index (χ1) is 11.7. The molecule has 122 valence electrons. The fourth-order valence-corrected chi connectivity index (χ4v) is 2.99. The number of hydrogen-bond acceptors (Lipinski definition) is 3. The second kappa shape index (κ2) is 5.96. The van der Waals surface area contributed by atoms with Crippen molar-refractivity contribution >= 4 is 22.9 Å². The Kier molecular flexibility index (Phi) is 3.65. The van der Waals surface area contributed by atoms with E-state index >= 15 is 0 Å². The third kappa shape index (κ3) is 2.71. The van der Waals surface area contributed by atoms with Crippen molar-refractivity contribution in [3.63, 3.8) is 0 Å². The van der Waals surface area contributed by atoms with Crippen LogP contribution in [0.25, 0.3) is 11.0 Å². The molecule has 0 unspecified atom stereocenters. The minimum atomic E-state index is -0.332. The lowest BCUT2D eigenvalue weighted by Crippen LogP contribution is -2.49. The molecular weight excluding hydrogens is 307 g/mol. The van der Waals surface area contributed by atoms with Gasteiger partial charge in [-0.1, -0.05) is 12.1 Å². The molecule has 1 saturated heterocycles. The molecule has 0 bridgehead atoms. The van der Waals surface area contributed by atoms with Crippen LogP contribution in [0.2, 0.25) is 0 Å². The molecule has 1 N–H and O–H groups in total. The van der Waals surface area contributed by atoms with E-state index in [1.165, 1.54) is 24.3 Å². The van der Waals surface area contributed by atoms with Crippen LogP contribution in [0.3, 0.4) is 0 Å². The van der Waals surface area contributed by atoms with Gasteiger partial charge in [-0.15, -0.1) is 0 Å². The molecule has 2 heterocycles. The number of carbonyl (C=O) groups is 1. The predicted molar refractivity (Wildman–Crippen MR) is 90.6 cm³/mol. The third-order valence-electron chi connectivity index (χ3n) is 4.33. The zero-order valence-electron chi connectivity index (χ0n) is 13.1. The van der Waals surface area contributed by atoms with Crippen LogP contribution in [-0.2, 0) is 0 Å². The molecule has 1 amide bonds. The maximum Gasteiger partial charge on any atom is 0.253 e. The number of H-pyrrole nitrogens is 1. The Morgan fingerprint density at radius 2 is 1.71 bits per heavy atom. The fourth-order valence-electron chi connectivity index (χ4n) is 2.99. The molecule has 1 fully saturated rings. The molecule has 1 aromatic heterocycles. The first-order valence-corrected chi connectivity index (χ1v) is 7.95. The summed E-state index contributed by atoms with van der Waals surface area (Å²) in [6.45, 7) is 2.67. The number of aromatic nitrogens is 2. The summed E-state index contributed by atoms with van der Waals surface area (Å²) in [5.74, 6) is 0.450. The molecule has 0 aliphatic carbocycles. The van der Waals surface area contributed by atoms with Gasteiger partial charge in [0, 0.05) is 31.7 Å². The molecule has 5 nitrogen and oxygen atoms in total. The number of nitrogens with zero attached hydrogens (tertiary/aromatic N) is 3. The largest absolute Gasteiger partial charge is 0.339 e. The number of rotatable bonds is 2. The summed E-state index contributed by atoms with van der Waals surface area (Å²) in [6.07, 6.45) is 0. The monoisotopic (exact) mass is 324 g/mol. The van der Waals surface area contributed by atoms with Crippen molar-refractivity contribution in [3.05, 3.63) is 59.9 Å². The normalized spacial score (nSPS) is 15.0. The van der Waals surface area contributed by atoms with Gasteiger partial charge < -0.3 is 14.8 Å². The van der Waals surface area contributed by atoms with Crippen LogP contribution in [0.1, 0.15) is 10.4 Å². The number of aromatic amines is 1. The van der Waals surface area contributed by atoms with Crippen LogP contribution >= 0.6 is 0 Å². The highest BCUT2D eigenvalue weighted by Crippen LogP contribution is 2.19. The number of fused-ring (bicyclic) bond motifs is 1. The number of anilines is 1. The van der Waals surface area contributed by atoms with E-state index < -0.39 is 0 Å². The SMILES string of the molecule is O=C(c1ccc(F)cc1)N1CCN(c2nc3ccccc3[nH]2)CC1. The van der Waals surface area contributed by atoms with Crippen LogP contribution in [0.15, 0.2) is 48.5 Å². The summed E-state index contributed by atoms with van der Waals surface area (Å²) in [4.78, 5) is 24.3. The number of benzene rings is 2. The van der Waals surface area contributed by atoms with Gasteiger partial charge in [0.05, 0.1) is 11.0 Å². The third-order valence-corrected chi connectivity index (χ3v) is 4.33. The number of halogens is 1. The summed E-state index contributed by atoms with van der Waals surface area (Å²) in [5.41, 5.74) is 2.48. The molecule has 4 rings (SSSR count). The van der Waals surface area contributed by atoms with E-state index in [2.05, 4.69) is 14.9 Å². The Labute approximate surface area is 138 Å². The van der Waals surface area contributed by atoms with Crippen molar-refractivity contribution in [2.75, 3.05) is 31.1 Å². The van der Waals surface area contributed by atoms with E-state index in [0.29, 0.717) is 31.7 Å². The Bertz CT molecular complexity index is 833. The number of para-hydroxylation sites is 2. The highest BCUT2D eigenvalue weighted by atomic mass is 19.1. The van der Waals surface area contributed by atoms with Crippen LogP contribution in [0, 0.1) is 5.82 Å². The van der Waals surface area contributed by atoms with Crippen LogP contribution in [-0.4, -0.2) is 47.0 Å². The molecular formula is C18H17FN4O. The number of hydrogen-bond donors (Lipinski definition) is 1. The Morgan fingerprint density at radius 1 is 1.00 bits per heavy atom. The van der Waals surface area contributed by atoms with Gasteiger partial charge in [-0.2, -0.15) is 0 Å². The van der Waals surface area contributed by atoms with Crippen LogP contribution in [0.5, 0.6) is 0 Å². The van der Waals surface area contributed by atoms with E-state index in [-0.39, 0.29) is 11.7 Å². The predicted octanol–water partition coefficient (Wildman–Crippen LogP) is 2.66. The first-order valence-electron chi connectivity index (χ1n) is 7.95. The van der Waals surface area contributed by atoms with Gasteiger partial charge in [-0.05, 0) is 36.4 Å². The first kappa shape index (κ1) is 14.7. The molecule has 6 heteroatoms. The van der Waals surface area contributed by atoms with Crippen LogP contribution in [0.4, 0.5) is 10.3 Å². The number of carbonyl (C=O) groups excluding carboxylic acids is 1. The quantitative estimate of drug-likeness (QED) is 0.788. The van der Waals surface area contributed by atoms with E-state index in [1.54, 1.807) is 4.90 Å². The smallest absolute Gasteiger partial charge is 0.253 e. The molecule has 0 saturated carbocycles. The lowest BCUT2D eigenvalue weighted by atomic mass is 10.2. The molecule has 1 aliphatic rings. The number of amides is 1. The lowest BCUT2D eigenvalue weighted by Gasteiger charge is -2.34. The maximum atomic E-state index is 13.0. The summed E-state index contributed by atoms with van der Waals surface area (Å²) >= 11 is 0. The minimum Gasteiger partial charge on any atom is -0.339 e. The Morgan fingerprint density at radius 3 is 2.42 bits per heavy atom. The summed E-state index contributed by atoms with van der Waals surface area (Å²) in [7, 11) is 0. The van der Waals surface area contributed by atoms with Crippen LogP contribution < -0.4 is 4.90 Å². The van der Waals surface area contributed by atoms with Gasteiger partial charge >= 0.3 is 0 Å². The average Bonchev–Trinajstić information content (AvgIpc) is 3.06. The second-order valence-electron chi connectivity index (χ2n) is 5.86. The molecule has 0 radical (unpaired) electrons. The lowest BCUT2D eigenvalue weighted by molar-refractivity contribution is 0.0746. The van der Waals surface area contributed by atoms with Gasteiger partial charge in [0.15, 0.2) is 0 Å². The fraction of sp³-hybridized carbons (Fsp3) is 0.222. The van der Waals surface area contributed by atoms with Gasteiger partial charge in [-0.25, -0.2) is 9.37 Å². The molecule has 2 aromatic carbocycles. The van der Waals surface area contributed by atoms with Gasteiger partial charge in [0.25, 0.3) is 5.91 Å². The molecule has 1 aliphatic heterocycles. The molecule has 0 atom stereocenters. The van der Waals surface area contributed by atoms with E-state index in [1.807, 2.05) is 24.3 Å². The van der Waals surface area contributed by atoms with Gasteiger partial charge in [0.1, 0.15) is 5.82 Å². The number of imidazole rings is 1. The highest BCUT2D eigenvalue weighted by Gasteiger charge is 2.23. The standard InChI is InChI=1S/C18H17FN4O/c19-14-7-5-13(6-8-14)17(24)22-9-11-23(12-10-22)18-20-15-3-1-2-4-16(15)21-18/h1-8H,9-12H2,(H,20,21). The van der Waals surface area contributed by atoms with Crippen molar-refractivity contribution in [3.8, 4) is 0 Å². The van der Waals surface area contributed by atoms with Crippen molar-refractivity contribution in [2.24, 2.45) is 0 Å². The summed E-state index contributed by atoms with van der Waals surface area (Å²) in [6, 6.07) is 13.6. The van der Waals surface area contributed by atoms with Crippen molar-refractivity contribution in [1.29, 1.82) is 0 Å². The van der Waals surface area contributed by atoms with E-state index in [4.69, 9.17) is 0 Å². The minimum absolute atomic E-state index is 0.0562. The van der Waals surface area contributed by atoms with Gasteiger partial charge in [-0.3, -0.25) is 4.79 Å². The summed E-state index contributed by atoms with van der Waals surface area (Å²) < 4.78 is 13.0. The summed E-state index contributed by atoms with van der Waals surface area (Å²) in [5, 5.41) is 0. The zero-order chi connectivity index (χ0) is 16.5. The topological polar surface area (TPSA) is 52.2 Å². The van der Waals surface area contributed by atoms with E-state index in [0.717, 1.165) is 17.0 Å². The number of nitrogens with one attached hydrogen (secondary N) is 1.